The predicted octanol–water partition coefficient (Wildman–Crippen LogP) is 2.36. The summed E-state index contributed by atoms with van der Waals surface area (Å²) in [6, 6.07) is 7.91. The zero-order chi connectivity index (χ0) is 23.1. The van der Waals surface area contributed by atoms with E-state index in [4.69, 9.17) is 15.2 Å². The van der Waals surface area contributed by atoms with Crippen LogP contribution >= 0.6 is 11.3 Å². The molecule has 170 valence electrons. The van der Waals surface area contributed by atoms with E-state index < -0.39 is 18.2 Å². The van der Waals surface area contributed by atoms with Crippen molar-refractivity contribution in [2.24, 2.45) is 5.73 Å². The third kappa shape index (κ3) is 3.50. The van der Waals surface area contributed by atoms with Crippen LogP contribution in [0.3, 0.4) is 0 Å². The zero-order valence-corrected chi connectivity index (χ0v) is 18.5. The van der Waals surface area contributed by atoms with Crippen LogP contribution < -0.4 is 16.0 Å². The van der Waals surface area contributed by atoms with Crippen LogP contribution in [0.5, 0.6) is 0 Å². The molecule has 1 aromatic carbocycles. The number of nitrogens with one attached hydrogen (secondary N) is 2. The van der Waals surface area contributed by atoms with Crippen LogP contribution in [0.2, 0.25) is 0 Å². The Morgan fingerprint density at radius 1 is 1.30 bits per heavy atom. The number of aromatic amines is 1. The maximum atomic E-state index is 13.6. The van der Waals surface area contributed by atoms with E-state index in [-0.39, 0.29) is 12.4 Å². The highest BCUT2D eigenvalue weighted by atomic mass is 32.1. The Labute approximate surface area is 192 Å². The fourth-order valence-corrected chi connectivity index (χ4v) is 5.06. The number of benzene rings is 1. The topological polar surface area (TPSA) is 140 Å². The summed E-state index contributed by atoms with van der Waals surface area (Å²) >= 11 is 1.21. The van der Waals surface area contributed by atoms with Crippen LogP contribution in [-0.4, -0.2) is 60.5 Å². The van der Waals surface area contributed by atoms with Gasteiger partial charge < -0.3 is 20.5 Å². The lowest BCUT2D eigenvalue weighted by molar-refractivity contribution is 0.0317. The quantitative estimate of drug-likeness (QED) is 0.383. The summed E-state index contributed by atoms with van der Waals surface area (Å²) in [6.45, 7) is 3.50. The van der Waals surface area contributed by atoms with Gasteiger partial charge in [-0.3, -0.25) is 14.8 Å². The third-order valence-electron chi connectivity index (χ3n) is 5.54. The minimum atomic E-state index is -0.714. The number of aromatic nitrogens is 2. The molecule has 1 fully saturated rings. The second-order valence-electron chi connectivity index (χ2n) is 7.47. The van der Waals surface area contributed by atoms with E-state index >= 15 is 0 Å². The number of ketones is 1. The van der Waals surface area contributed by atoms with Crippen molar-refractivity contribution in [1.82, 2.24) is 15.5 Å². The average Bonchev–Trinajstić information content (AvgIpc) is 3.52. The molecule has 0 saturated carbocycles. The van der Waals surface area contributed by atoms with E-state index in [0.717, 1.165) is 0 Å². The number of primary amides is 1. The van der Waals surface area contributed by atoms with Crippen molar-refractivity contribution in [3.05, 3.63) is 46.3 Å². The normalized spacial score (nSPS) is 16.9. The molecular weight excluding hydrogens is 446 g/mol. The number of carbonyl (C=O) groups is 3. The summed E-state index contributed by atoms with van der Waals surface area (Å²) in [7, 11) is 0. The van der Waals surface area contributed by atoms with E-state index in [1.807, 2.05) is 0 Å². The van der Waals surface area contributed by atoms with Crippen molar-refractivity contribution in [2.45, 2.75) is 13.2 Å². The van der Waals surface area contributed by atoms with Crippen LogP contribution in [0.1, 0.15) is 32.5 Å². The molecule has 1 aliphatic heterocycles. The molecule has 1 unspecified atom stereocenters. The van der Waals surface area contributed by atoms with E-state index in [1.165, 1.54) is 16.2 Å². The van der Waals surface area contributed by atoms with Crippen LogP contribution in [-0.2, 0) is 9.47 Å². The number of esters is 1. The molecule has 5 rings (SSSR count). The van der Waals surface area contributed by atoms with E-state index in [2.05, 4.69) is 15.5 Å². The minimum absolute atomic E-state index is 0.276. The van der Waals surface area contributed by atoms with Gasteiger partial charge in [-0.25, -0.2) is 9.59 Å². The van der Waals surface area contributed by atoms with Gasteiger partial charge in [-0.05, 0) is 25.1 Å². The molecule has 1 saturated heterocycles. The fraction of sp³-hybridized carbons (Fsp3) is 0.273. The number of fused-ring (bicyclic) bond motifs is 3. The standard InChI is InChI=1S/C22H21N5O5S/c1-2-31-21(29)14-7-6-13(33-14)19-17-18(25-26-19)11-4-3-5-12(16(11)20(17)28)27(22(23)30)15-10-24-8-9-32-15/h3-7,15,24H,2,8-10H2,1H3,(H2,23,30)(H,25,26). The van der Waals surface area contributed by atoms with Gasteiger partial charge in [0.1, 0.15) is 10.6 Å². The van der Waals surface area contributed by atoms with Crippen LogP contribution in [0.4, 0.5) is 10.5 Å². The Balaban J connectivity index is 1.56. The minimum Gasteiger partial charge on any atom is -0.462 e. The van der Waals surface area contributed by atoms with E-state index in [1.54, 1.807) is 37.3 Å². The molecule has 10 nitrogen and oxygen atoms in total. The smallest absolute Gasteiger partial charge is 0.348 e. The molecule has 2 aliphatic rings. The molecule has 0 radical (unpaired) electrons. The summed E-state index contributed by atoms with van der Waals surface area (Å²) in [5.41, 5.74) is 8.42. The summed E-state index contributed by atoms with van der Waals surface area (Å²) < 4.78 is 10.8. The molecule has 4 N–H and O–H groups in total. The highest BCUT2D eigenvalue weighted by Crippen LogP contribution is 2.45. The Hall–Kier alpha value is -3.54. The van der Waals surface area contributed by atoms with Gasteiger partial charge in [0.25, 0.3) is 0 Å². The van der Waals surface area contributed by atoms with Gasteiger partial charge in [-0.1, -0.05) is 12.1 Å². The molecule has 2 amide bonds. The molecule has 11 heteroatoms. The lowest BCUT2D eigenvalue weighted by Gasteiger charge is -2.34. The van der Waals surface area contributed by atoms with Crippen LogP contribution in [0.25, 0.3) is 21.8 Å². The van der Waals surface area contributed by atoms with Gasteiger partial charge in [0.05, 0.1) is 40.6 Å². The van der Waals surface area contributed by atoms with Gasteiger partial charge in [0.2, 0.25) is 0 Å². The number of urea groups is 1. The lowest BCUT2D eigenvalue weighted by Crippen LogP contribution is -2.53. The summed E-state index contributed by atoms with van der Waals surface area (Å²) in [5, 5.41) is 10.5. The van der Waals surface area contributed by atoms with Crippen molar-refractivity contribution in [2.75, 3.05) is 31.2 Å². The number of ether oxygens (including phenoxy) is 2. The zero-order valence-electron chi connectivity index (χ0n) is 17.7. The summed E-state index contributed by atoms with van der Waals surface area (Å²) in [6.07, 6.45) is -0.631. The Morgan fingerprint density at radius 2 is 2.15 bits per heavy atom. The Kier molecular flexibility index (Phi) is 5.44. The fourth-order valence-electron chi connectivity index (χ4n) is 4.16. The molecule has 33 heavy (non-hydrogen) atoms. The molecule has 0 bridgehead atoms. The first-order valence-corrected chi connectivity index (χ1v) is 11.3. The maximum absolute atomic E-state index is 13.6. The number of anilines is 1. The van der Waals surface area contributed by atoms with Crippen molar-refractivity contribution in [3.8, 4) is 21.8 Å². The summed E-state index contributed by atoms with van der Waals surface area (Å²) in [5.74, 6) is -0.694. The average molecular weight is 468 g/mol. The first kappa shape index (κ1) is 21.3. The number of thiophene rings is 1. The van der Waals surface area contributed by atoms with Gasteiger partial charge in [-0.2, -0.15) is 5.10 Å². The second-order valence-corrected chi connectivity index (χ2v) is 8.56. The summed E-state index contributed by atoms with van der Waals surface area (Å²) in [4.78, 5) is 40.5. The van der Waals surface area contributed by atoms with Gasteiger partial charge in [0, 0.05) is 18.7 Å². The number of rotatable bonds is 5. The number of nitrogens with zero attached hydrogens (tertiary/aromatic N) is 2. The predicted molar refractivity (Wildman–Crippen MR) is 121 cm³/mol. The molecule has 2 aromatic heterocycles. The first-order chi connectivity index (χ1) is 16.0. The second kappa shape index (κ2) is 8.43. The molecular formula is C22H21N5O5S. The van der Waals surface area contributed by atoms with Gasteiger partial charge >= 0.3 is 12.0 Å². The van der Waals surface area contributed by atoms with Crippen molar-refractivity contribution >= 4 is 34.8 Å². The van der Waals surface area contributed by atoms with Crippen molar-refractivity contribution in [3.63, 3.8) is 0 Å². The van der Waals surface area contributed by atoms with E-state index in [9.17, 15) is 14.4 Å². The SMILES string of the molecule is CCOC(=O)c1ccc(-c2[nH]nc3c2C(=O)c2c-3cccc2N(C(N)=O)C2CNCCO2)s1. The molecule has 3 heterocycles. The van der Waals surface area contributed by atoms with E-state index in [0.29, 0.717) is 63.2 Å². The first-order valence-electron chi connectivity index (χ1n) is 10.5. The van der Waals surface area contributed by atoms with Crippen molar-refractivity contribution in [1.29, 1.82) is 0 Å². The number of morpholine rings is 1. The van der Waals surface area contributed by atoms with Gasteiger partial charge in [0.15, 0.2) is 12.0 Å². The van der Waals surface area contributed by atoms with Crippen molar-refractivity contribution < 1.29 is 23.9 Å². The molecule has 1 aliphatic carbocycles. The molecule has 0 spiro atoms. The Bertz CT molecular complexity index is 1260. The number of amides is 2. The highest BCUT2D eigenvalue weighted by molar-refractivity contribution is 7.17. The number of hydrogen-bond acceptors (Lipinski definition) is 8. The Morgan fingerprint density at radius 3 is 2.88 bits per heavy atom. The third-order valence-corrected chi connectivity index (χ3v) is 6.62. The number of hydrogen-bond donors (Lipinski definition) is 3. The largest absolute Gasteiger partial charge is 0.462 e. The number of nitrogens with two attached hydrogens (primary N) is 1. The monoisotopic (exact) mass is 467 g/mol. The van der Waals surface area contributed by atoms with Gasteiger partial charge in [-0.15, -0.1) is 11.3 Å². The highest BCUT2D eigenvalue weighted by Gasteiger charge is 2.38. The molecule has 3 aromatic rings. The van der Waals surface area contributed by atoms with Crippen LogP contribution in [0, 0.1) is 0 Å². The number of carbonyl (C=O) groups excluding carboxylic acids is 3. The van der Waals surface area contributed by atoms with Crippen LogP contribution in [0.15, 0.2) is 30.3 Å². The number of H-pyrrole nitrogens is 1. The molecule has 1 atom stereocenters. The maximum Gasteiger partial charge on any atom is 0.348 e. The lowest BCUT2D eigenvalue weighted by atomic mass is 10.0.